The highest BCUT2D eigenvalue weighted by Crippen LogP contribution is 2.25. The number of amides is 1. The molecule has 0 fully saturated rings. The second-order valence-electron chi connectivity index (χ2n) is 5.09. The Bertz CT molecular complexity index is 526. The standard InChI is InChI=1S/C14H20Cl2N4OS/c1-20(2)7-3-6-17-14(22)18-9-13(21)19-12-8-10(15)4-5-11(12)16/h4-5,8H,3,6-7,9H2,1-2H3,(H,19,21)(H2,17,18,22)/p+1. The summed E-state index contributed by atoms with van der Waals surface area (Å²) < 4.78 is 0. The van der Waals surface area contributed by atoms with Crippen molar-refractivity contribution in [2.24, 2.45) is 0 Å². The lowest BCUT2D eigenvalue weighted by molar-refractivity contribution is -0.858. The Hall–Kier alpha value is -1.08. The molecule has 0 aliphatic heterocycles. The van der Waals surface area contributed by atoms with Crippen molar-refractivity contribution in [1.29, 1.82) is 0 Å². The molecule has 0 unspecified atom stereocenters. The van der Waals surface area contributed by atoms with E-state index in [-0.39, 0.29) is 12.5 Å². The number of carbonyl (C=O) groups is 1. The zero-order valence-corrected chi connectivity index (χ0v) is 15.0. The largest absolute Gasteiger partial charge is 0.363 e. The molecule has 0 atom stereocenters. The monoisotopic (exact) mass is 363 g/mol. The predicted octanol–water partition coefficient (Wildman–Crippen LogP) is 0.931. The van der Waals surface area contributed by atoms with Crippen LogP contribution in [0.5, 0.6) is 0 Å². The molecule has 0 heterocycles. The summed E-state index contributed by atoms with van der Waals surface area (Å²) in [5.74, 6) is -0.244. The fraction of sp³-hybridized carbons (Fsp3) is 0.429. The van der Waals surface area contributed by atoms with Crippen molar-refractivity contribution >= 4 is 52.1 Å². The van der Waals surface area contributed by atoms with Gasteiger partial charge < -0.3 is 20.9 Å². The molecule has 0 bridgehead atoms. The summed E-state index contributed by atoms with van der Waals surface area (Å²) in [6, 6.07) is 4.89. The maximum atomic E-state index is 11.8. The summed E-state index contributed by atoms with van der Waals surface area (Å²) in [5, 5.41) is 9.99. The highest BCUT2D eigenvalue weighted by molar-refractivity contribution is 7.80. The molecule has 0 aliphatic rings. The van der Waals surface area contributed by atoms with Gasteiger partial charge in [-0.05, 0) is 30.4 Å². The number of rotatable bonds is 7. The van der Waals surface area contributed by atoms with Gasteiger partial charge in [0.1, 0.15) is 0 Å². The van der Waals surface area contributed by atoms with Crippen molar-refractivity contribution in [2.45, 2.75) is 6.42 Å². The highest BCUT2D eigenvalue weighted by Gasteiger charge is 2.07. The second kappa shape index (κ2) is 9.84. The van der Waals surface area contributed by atoms with Crippen LogP contribution >= 0.6 is 35.4 Å². The SMILES string of the molecule is C[NH+](C)CCCNC(=S)NCC(=O)Nc1cc(Cl)ccc1Cl. The maximum absolute atomic E-state index is 11.8. The van der Waals surface area contributed by atoms with Crippen LogP contribution in [0.4, 0.5) is 5.69 Å². The van der Waals surface area contributed by atoms with Crippen LogP contribution in [0.25, 0.3) is 0 Å². The number of quaternary nitrogens is 1. The summed E-state index contributed by atoms with van der Waals surface area (Å²) in [6.07, 6.45) is 1.01. The van der Waals surface area contributed by atoms with Crippen molar-refractivity contribution in [3.8, 4) is 0 Å². The number of thiocarbonyl (C=S) groups is 1. The van der Waals surface area contributed by atoms with E-state index in [2.05, 4.69) is 30.0 Å². The fourth-order valence-corrected chi connectivity index (χ4v) is 2.17. The van der Waals surface area contributed by atoms with Gasteiger partial charge in [0.2, 0.25) is 5.91 Å². The maximum Gasteiger partial charge on any atom is 0.243 e. The van der Waals surface area contributed by atoms with Gasteiger partial charge in [-0.3, -0.25) is 4.79 Å². The molecule has 1 aromatic rings. The topological polar surface area (TPSA) is 57.6 Å². The van der Waals surface area contributed by atoms with E-state index in [4.69, 9.17) is 35.4 Å². The number of benzene rings is 1. The lowest BCUT2D eigenvalue weighted by atomic mass is 10.3. The minimum Gasteiger partial charge on any atom is -0.363 e. The molecule has 0 radical (unpaired) electrons. The summed E-state index contributed by atoms with van der Waals surface area (Å²) in [7, 11) is 4.20. The average Bonchev–Trinajstić information content (AvgIpc) is 2.45. The van der Waals surface area contributed by atoms with Gasteiger partial charge in [-0.2, -0.15) is 0 Å². The molecule has 0 aromatic heterocycles. The lowest BCUT2D eigenvalue weighted by Gasteiger charge is -2.12. The third-order valence-corrected chi connectivity index (χ3v) is 3.60. The van der Waals surface area contributed by atoms with Gasteiger partial charge in [0, 0.05) is 18.0 Å². The molecule has 1 aromatic carbocycles. The van der Waals surface area contributed by atoms with E-state index in [1.165, 1.54) is 4.90 Å². The normalized spacial score (nSPS) is 10.4. The molecule has 1 rings (SSSR count). The Balaban J connectivity index is 2.28. The minimum absolute atomic E-state index is 0.0631. The summed E-state index contributed by atoms with van der Waals surface area (Å²) >= 11 is 16.9. The van der Waals surface area contributed by atoms with Crippen molar-refractivity contribution in [3.63, 3.8) is 0 Å². The Kier molecular flexibility index (Phi) is 8.48. The minimum atomic E-state index is -0.244. The zero-order chi connectivity index (χ0) is 16.5. The van der Waals surface area contributed by atoms with Gasteiger partial charge in [-0.15, -0.1) is 0 Å². The molecule has 0 saturated carbocycles. The number of anilines is 1. The van der Waals surface area contributed by atoms with Crippen LogP contribution in [0.15, 0.2) is 18.2 Å². The number of halogens is 2. The molecule has 0 aliphatic carbocycles. The first-order valence-corrected chi connectivity index (χ1v) is 8.10. The first kappa shape index (κ1) is 19.0. The van der Waals surface area contributed by atoms with Gasteiger partial charge in [-0.1, -0.05) is 23.2 Å². The molecule has 1 amide bonds. The Morgan fingerprint density at radius 2 is 2.00 bits per heavy atom. The van der Waals surface area contributed by atoms with E-state index in [0.717, 1.165) is 19.5 Å². The Morgan fingerprint density at radius 1 is 1.27 bits per heavy atom. The van der Waals surface area contributed by atoms with Gasteiger partial charge in [0.15, 0.2) is 5.11 Å². The summed E-state index contributed by atoms with van der Waals surface area (Å²) in [5.41, 5.74) is 0.480. The van der Waals surface area contributed by atoms with Crippen molar-refractivity contribution < 1.29 is 9.69 Å². The number of nitrogens with one attached hydrogen (secondary N) is 4. The van der Waals surface area contributed by atoms with Gasteiger partial charge >= 0.3 is 0 Å². The lowest BCUT2D eigenvalue weighted by Crippen LogP contribution is -3.05. The van der Waals surface area contributed by atoms with E-state index in [1.807, 2.05) is 0 Å². The average molecular weight is 364 g/mol. The van der Waals surface area contributed by atoms with Gasteiger partial charge in [0.25, 0.3) is 0 Å². The predicted molar refractivity (Wildman–Crippen MR) is 96.0 cm³/mol. The van der Waals surface area contributed by atoms with Crippen LogP contribution in [0, 0.1) is 0 Å². The van der Waals surface area contributed by atoms with E-state index < -0.39 is 0 Å². The van der Waals surface area contributed by atoms with Crippen LogP contribution in [0.3, 0.4) is 0 Å². The molecule has 8 heteroatoms. The first-order valence-electron chi connectivity index (χ1n) is 6.94. The van der Waals surface area contributed by atoms with Crippen LogP contribution in [0.2, 0.25) is 10.0 Å². The fourth-order valence-electron chi connectivity index (χ4n) is 1.65. The van der Waals surface area contributed by atoms with E-state index in [0.29, 0.717) is 20.8 Å². The highest BCUT2D eigenvalue weighted by atomic mass is 35.5. The zero-order valence-electron chi connectivity index (χ0n) is 12.6. The summed E-state index contributed by atoms with van der Waals surface area (Å²) in [4.78, 5) is 13.2. The van der Waals surface area contributed by atoms with E-state index in [1.54, 1.807) is 18.2 Å². The molecular formula is C14H21Cl2N4OS+. The Labute approximate surface area is 146 Å². The molecule has 0 spiro atoms. The molecule has 22 heavy (non-hydrogen) atoms. The number of hydrogen-bond acceptors (Lipinski definition) is 2. The number of hydrogen-bond donors (Lipinski definition) is 4. The van der Waals surface area contributed by atoms with Crippen molar-refractivity contribution in [3.05, 3.63) is 28.2 Å². The van der Waals surface area contributed by atoms with Crippen molar-refractivity contribution in [2.75, 3.05) is 39.0 Å². The molecule has 0 saturated heterocycles. The van der Waals surface area contributed by atoms with Crippen LogP contribution < -0.4 is 20.9 Å². The molecule has 4 N–H and O–H groups in total. The smallest absolute Gasteiger partial charge is 0.243 e. The molecular weight excluding hydrogens is 343 g/mol. The molecule has 5 nitrogen and oxygen atoms in total. The Morgan fingerprint density at radius 3 is 2.68 bits per heavy atom. The van der Waals surface area contributed by atoms with Crippen LogP contribution in [-0.4, -0.2) is 44.7 Å². The number of carbonyl (C=O) groups excluding carboxylic acids is 1. The van der Waals surface area contributed by atoms with E-state index >= 15 is 0 Å². The van der Waals surface area contributed by atoms with Gasteiger partial charge in [-0.25, -0.2) is 0 Å². The third-order valence-electron chi connectivity index (χ3n) is 2.75. The van der Waals surface area contributed by atoms with E-state index in [9.17, 15) is 4.79 Å². The third kappa shape index (κ3) is 7.79. The summed E-state index contributed by atoms with van der Waals surface area (Å²) in [6.45, 7) is 1.90. The first-order chi connectivity index (χ1) is 10.4. The second-order valence-corrected chi connectivity index (χ2v) is 6.34. The van der Waals surface area contributed by atoms with Crippen molar-refractivity contribution in [1.82, 2.24) is 10.6 Å². The van der Waals surface area contributed by atoms with Gasteiger partial charge in [0.05, 0.1) is 37.9 Å². The molecule has 122 valence electrons. The quantitative estimate of drug-likeness (QED) is 0.430. The van der Waals surface area contributed by atoms with Crippen LogP contribution in [-0.2, 0) is 4.79 Å². The van der Waals surface area contributed by atoms with Crippen LogP contribution in [0.1, 0.15) is 6.42 Å².